The number of hydrogen-bond acceptors (Lipinski definition) is 3. The Hall–Kier alpha value is -1.35. The molecule has 15 heavy (non-hydrogen) atoms. The molecule has 80 valence electrons. The summed E-state index contributed by atoms with van der Waals surface area (Å²) in [6.07, 6.45) is 3.74. The van der Waals surface area contributed by atoms with E-state index < -0.39 is 0 Å². The van der Waals surface area contributed by atoms with Gasteiger partial charge in [-0.05, 0) is 43.6 Å². The number of aryl methyl sites for hydroxylation is 1. The van der Waals surface area contributed by atoms with Crippen LogP contribution in [0.2, 0.25) is 0 Å². The third-order valence-electron chi connectivity index (χ3n) is 2.46. The molecule has 0 fully saturated rings. The Balaban J connectivity index is 1.96. The molecule has 0 amide bonds. The molecular weight excluding hydrogens is 188 g/mol. The number of rotatable bonds is 5. The van der Waals surface area contributed by atoms with Crippen molar-refractivity contribution in [2.24, 2.45) is 0 Å². The largest absolute Gasteiger partial charge is 0.443 e. The van der Waals surface area contributed by atoms with Gasteiger partial charge in [-0.15, -0.1) is 0 Å². The summed E-state index contributed by atoms with van der Waals surface area (Å²) in [4.78, 5) is 4.09. The van der Waals surface area contributed by atoms with E-state index in [1.165, 1.54) is 12.0 Å². The highest BCUT2D eigenvalue weighted by Gasteiger charge is 1.99. The van der Waals surface area contributed by atoms with Gasteiger partial charge in [0.05, 0.1) is 0 Å². The predicted octanol–water partition coefficient (Wildman–Crippen LogP) is 2.37. The standard InChI is InChI=1S/C12H16N2O/c1-2-13-7-3-4-10-5-6-11-12(8-10)15-9-14-11/h5-6,8-9,13H,2-4,7H2,1H3. The lowest BCUT2D eigenvalue weighted by molar-refractivity contribution is 0.601. The maximum Gasteiger partial charge on any atom is 0.181 e. The summed E-state index contributed by atoms with van der Waals surface area (Å²) in [6.45, 7) is 4.24. The number of aromatic nitrogens is 1. The molecule has 0 spiro atoms. The smallest absolute Gasteiger partial charge is 0.181 e. The maximum atomic E-state index is 5.26. The van der Waals surface area contributed by atoms with Crippen molar-refractivity contribution in [3.05, 3.63) is 30.2 Å². The summed E-state index contributed by atoms with van der Waals surface area (Å²) >= 11 is 0. The van der Waals surface area contributed by atoms with Crippen LogP contribution in [0.4, 0.5) is 0 Å². The van der Waals surface area contributed by atoms with Gasteiger partial charge in [-0.1, -0.05) is 13.0 Å². The van der Waals surface area contributed by atoms with Crippen molar-refractivity contribution in [2.45, 2.75) is 19.8 Å². The molecule has 0 aliphatic carbocycles. The van der Waals surface area contributed by atoms with Crippen molar-refractivity contribution in [3.63, 3.8) is 0 Å². The number of nitrogens with zero attached hydrogens (tertiary/aromatic N) is 1. The molecule has 1 aromatic heterocycles. The van der Waals surface area contributed by atoms with E-state index >= 15 is 0 Å². The number of nitrogens with one attached hydrogen (secondary N) is 1. The van der Waals surface area contributed by atoms with Gasteiger partial charge in [0.15, 0.2) is 12.0 Å². The normalized spacial score (nSPS) is 11.0. The molecule has 2 aromatic rings. The topological polar surface area (TPSA) is 38.1 Å². The van der Waals surface area contributed by atoms with E-state index in [4.69, 9.17) is 4.42 Å². The Morgan fingerprint density at radius 2 is 2.33 bits per heavy atom. The third-order valence-corrected chi connectivity index (χ3v) is 2.46. The van der Waals surface area contributed by atoms with E-state index in [0.717, 1.165) is 37.0 Å². The van der Waals surface area contributed by atoms with Crippen molar-refractivity contribution in [3.8, 4) is 0 Å². The van der Waals surface area contributed by atoms with Gasteiger partial charge in [-0.3, -0.25) is 0 Å². The first-order chi connectivity index (χ1) is 7.40. The molecular formula is C12H16N2O. The van der Waals surface area contributed by atoms with Gasteiger partial charge in [0, 0.05) is 0 Å². The molecule has 1 aromatic carbocycles. The molecule has 0 atom stereocenters. The molecule has 0 saturated carbocycles. The minimum Gasteiger partial charge on any atom is -0.443 e. The highest BCUT2D eigenvalue weighted by atomic mass is 16.3. The predicted molar refractivity (Wildman–Crippen MR) is 60.9 cm³/mol. The third kappa shape index (κ3) is 2.57. The van der Waals surface area contributed by atoms with Crippen molar-refractivity contribution in [2.75, 3.05) is 13.1 Å². The summed E-state index contributed by atoms with van der Waals surface area (Å²) in [5, 5.41) is 3.31. The Morgan fingerprint density at radius 3 is 3.20 bits per heavy atom. The van der Waals surface area contributed by atoms with Gasteiger partial charge >= 0.3 is 0 Å². The number of oxazole rings is 1. The van der Waals surface area contributed by atoms with Crippen LogP contribution in [0.3, 0.4) is 0 Å². The summed E-state index contributed by atoms with van der Waals surface area (Å²) in [7, 11) is 0. The maximum absolute atomic E-state index is 5.26. The monoisotopic (exact) mass is 204 g/mol. The van der Waals surface area contributed by atoms with Crippen LogP contribution in [0.25, 0.3) is 11.1 Å². The Bertz CT molecular complexity index is 422. The highest BCUT2D eigenvalue weighted by Crippen LogP contribution is 2.15. The van der Waals surface area contributed by atoms with Crippen molar-refractivity contribution in [1.82, 2.24) is 10.3 Å². The second kappa shape index (κ2) is 4.94. The Kier molecular flexibility index (Phi) is 3.35. The van der Waals surface area contributed by atoms with Crippen LogP contribution in [-0.2, 0) is 6.42 Å². The number of hydrogen-bond donors (Lipinski definition) is 1. The van der Waals surface area contributed by atoms with Crippen LogP contribution in [-0.4, -0.2) is 18.1 Å². The van der Waals surface area contributed by atoms with E-state index in [1.54, 1.807) is 0 Å². The van der Waals surface area contributed by atoms with Gasteiger partial charge in [-0.25, -0.2) is 4.98 Å². The van der Waals surface area contributed by atoms with E-state index in [-0.39, 0.29) is 0 Å². The van der Waals surface area contributed by atoms with Gasteiger partial charge in [0.1, 0.15) is 5.52 Å². The summed E-state index contributed by atoms with van der Waals surface area (Å²) in [5.74, 6) is 0. The Morgan fingerprint density at radius 1 is 1.40 bits per heavy atom. The van der Waals surface area contributed by atoms with Gasteiger partial charge in [-0.2, -0.15) is 0 Å². The van der Waals surface area contributed by atoms with Gasteiger partial charge < -0.3 is 9.73 Å². The van der Waals surface area contributed by atoms with Crippen LogP contribution in [0.15, 0.2) is 29.0 Å². The van der Waals surface area contributed by atoms with Crippen LogP contribution < -0.4 is 5.32 Å². The molecule has 0 aliphatic rings. The molecule has 0 unspecified atom stereocenters. The zero-order valence-electron chi connectivity index (χ0n) is 8.99. The molecule has 2 rings (SSSR count). The molecule has 1 heterocycles. The molecule has 0 bridgehead atoms. The minimum absolute atomic E-state index is 0.885. The lowest BCUT2D eigenvalue weighted by Crippen LogP contribution is -2.14. The van der Waals surface area contributed by atoms with E-state index in [9.17, 15) is 0 Å². The fraction of sp³-hybridized carbons (Fsp3) is 0.417. The molecule has 0 radical (unpaired) electrons. The van der Waals surface area contributed by atoms with Crippen LogP contribution in [0.1, 0.15) is 18.9 Å². The fourth-order valence-corrected chi connectivity index (χ4v) is 1.65. The summed E-state index contributed by atoms with van der Waals surface area (Å²) in [5.41, 5.74) is 3.14. The number of benzene rings is 1. The fourth-order valence-electron chi connectivity index (χ4n) is 1.65. The van der Waals surface area contributed by atoms with E-state index in [0.29, 0.717) is 0 Å². The summed E-state index contributed by atoms with van der Waals surface area (Å²) in [6, 6.07) is 6.21. The highest BCUT2D eigenvalue weighted by molar-refractivity contribution is 5.72. The quantitative estimate of drug-likeness (QED) is 0.760. The second-order valence-corrected chi connectivity index (χ2v) is 3.61. The number of fused-ring (bicyclic) bond motifs is 1. The second-order valence-electron chi connectivity index (χ2n) is 3.61. The van der Waals surface area contributed by atoms with Crippen molar-refractivity contribution in [1.29, 1.82) is 0 Å². The van der Waals surface area contributed by atoms with E-state index in [2.05, 4.69) is 29.4 Å². The lowest BCUT2D eigenvalue weighted by Gasteiger charge is -2.01. The average Bonchev–Trinajstić information content (AvgIpc) is 2.71. The zero-order valence-corrected chi connectivity index (χ0v) is 8.99. The summed E-state index contributed by atoms with van der Waals surface area (Å²) < 4.78 is 5.26. The van der Waals surface area contributed by atoms with E-state index in [1.807, 2.05) is 6.07 Å². The van der Waals surface area contributed by atoms with Crippen LogP contribution >= 0.6 is 0 Å². The molecule has 0 saturated heterocycles. The minimum atomic E-state index is 0.885. The molecule has 3 nitrogen and oxygen atoms in total. The first-order valence-electron chi connectivity index (χ1n) is 5.43. The molecule has 3 heteroatoms. The van der Waals surface area contributed by atoms with Crippen molar-refractivity contribution >= 4 is 11.1 Å². The van der Waals surface area contributed by atoms with Crippen LogP contribution in [0.5, 0.6) is 0 Å². The Labute approximate surface area is 89.5 Å². The SMILES string of the molecule is CCNCCCc1ccc2ncoc2c1. The van der Waals surface area contributed by atoms with Gasteiger partial charge in [0.25, 0.3) is 0 Å². The van der Waals surface area contributed by atoms with Gasteiger partial charge in [0.2, 0.25) is 0 Å². The first-order valence-corrected chi connectivity index (χ1v) is 5.43. The first kappa shape index (κ1) is 10.2. The molecule has 0 aliphatic heterocycles. The zero-order chi connectivity index (χ0) is 10.5. The van der Waals surface area contributed by atoms with Crippen molar-refractivity contribution < 1.29 is 4.42 Å². The lowest BCUT2D eigenvalue weighted by atomic mass is 10.1. The van der Waals surface area contributed by atoms with Crippen LogP contribution in [0, 0.1) is 0 Å². The molecule has 1 N–H and O–H groups in total. The average molecular weight is 204 g/mol.